The number of aromatic hydroxyl groups is 1. The van der Waals surface area contributed by atoms with Crippen molar-refractivity contribution in [3.63, 3.8) is 0 Å². The fourth-order valence-electron chi connectivity index (χ4n) is 1.93. The van der Waals surface area contributed by atoms with Crippen molar-refractivity contribution in [1.29, 1.82) is 0 Å². The standard InChI is InChI=1S/C15H16FN3O2/c1-9(17)18-8-10-2-3-11-5-13(19-15(21)7-16)14(20)6-12(11)4-10/h2-6,20H,7-8H2,1H3,(H2,17,18)(H,19,21). The molecule has 0 unspecified atom stereocenters. The molecule has 2 aromatic carbocycles. The van der Waals surface area contributed by atoms with Gasteiger partial charge in [0.2, 0.25) is 0 Å². The van der Waals surface area contributed by atoms with E-state index in [4.69, 9.17) is 5.73 Å². The SMILES string of the molecule is CC(N)=NCc1ccc2cc(NC(=O)CF)c(O)cc2c1. The Kier molecular flexibility index (Phi) is 4.37. The van der Waals surface area contributed by atoms with Gasteiger partial charge in [-0.25, -0.2) is 4.39 Å². The number of carbonyl (C=O) groups excluding carboxylic acids is 1. The van der Waals surface area contributed by atoms with Crippen molar-refractivity contribution in [2.45, 2.75) is 13.5 Å². The third-order valence-corrected chi connectivity index (χ3v) is 2.93. The number of phenolic OH excluding ortho intramolecular Hbond substituents is 1. The van der Waals surface area contributed by atoms with Crippen LogP contribution in [0.25, 0.3) is 10.8 Å². The number of carbonyl (C=O) groups is 1. The first kappa shape index (κ1) is 14.8. The number of hydrogen-bond donors (Lipinski definition) is 3. The summed E-state index contributed by atoms with van der Waals surface area (Å²) in [5.74, 6) is -0.406. The van der Waals surface area contributed by atoms with Gasteiger partial charge < -0.3 is 16.2 Å². The Morgan fingerprint density at radius 2 is 2.10 bits per heavy atom. The summed E-state index contributed by atoms with van der Waals surface area (Å²) in [6.45, 7) is 1.04. The van der Waals surface area contributed by atoms with Crippen LogP contribution in [0, 0.1) is 0 Å². The van der Waals surface area contributed by atoms with E-state index in [0.29, 0.717) is 12.4 Å². The van der Waals surface area contributed by atoms with Crippen LogP contribution >= 0.6 is 0 Å². The molecule has 4 N–H and O–H groups in total. The minimum atomic E-state index is -1.13. The lowest BCUT2D eigenvalue weighted by molar-refractivity contribution is -0.117. The fourth-order valence-corrected chi connectivity index (χ4v) is 1.93. The van der Waals surface area contributed by atoms with E-state index in [2.05, 4.69) is 10.3 Å². The Labute approximate surface area is 121 Å². The summed E-state index contributed by atoms with van der Waals surface area (Å²) in [6.07, 6.45) is 0. The normalized spacial score (nSPS) is 11.6. The molecule has 21 heavy (non-hydrogen) atoms. The molecule has 0 fully saturated rings. The number of halogens is 1. The molecule has 0 saturated carbocycles. The van der Waals surface area contributed by atoms with Crippen LogP contribution in [0.15, 0.2) is 35.3 Å². The zero-order valence-corrected chi connectivity index (χ0v) is 11.6. The molecule has 0 radical (unpaired) electrons. The van der Waals surface area contributed by atoms with Gasteiger partial charge in [0, 0.05) is 0 Å². The summed E-state index contributed by atoms with van der Waals surface area (Å²) in [5.41, 5.74) is 6.64. The van der Waals surface area contributed by atoms with E-state index in [1.807, 2.05) is 18.2 Å². The number of benzene rings is 2. The van der Waals surface area contributed by atoms with Crippen molar-refractivity contribution >= 4 is 28.2 Å². The lowest BCUT2D eigenvalue weighted by atomic mass is 10.1. The van der Waals surface area contributed by atoms with Crippen LogP contribution in [0.3, 0.4) is 0 Å². The Morgan fingerprint density at radius 1 is 1.33 bits per heavy atom. The van der Waals surface area contributed by atoms with Gasteiger partial charge in [-0.15, -0.1) is 0 Å². The van der Waals surface area contributed by atoms with Crippen molar-refractivity contribution in [3.05, 3.63) is 35.9 Å². The van der Waals surface area contributed by atoms with Crippen LogP contribution in [0.4, 0.5) is 10.1 Å². The van der Waals surface area contributed by atoms with Crippen molar-refractivity contribution < 1.29 is 14.3 Å². The first-order valence-corrected chi connectivity index (χ1v) is 6.37. The number of nitrogens with two attached hydrogens (primary N) is 1. The molecule has 5 nitrogen and oxygen atoms in total. The van der Waals surface area contributed by atoms with Gasteiger partial charge in [0.05, 0.1) is 18.1 Å². The van der Waals surface area contributed by atoms with Crippen LogP contribution in [-0.4, -0.2) is 23.5 Å². The number of alkyl halides is 1. The van der Waals surface area contributed by atoms with E-state index >= 15 is 0 Å². The van der Waals surface area contributed by atoms with E-state index < -0.39 is 12.6 Å². The number of fused-ring (bicyclic) bond motifs is 1. The molecule has 2 aromatic rings. The number of phenols is 1. The topological polar surface area (TPSA) is 87.7 Å². The third-order valence-electron chi connectivity index (χ3n) is 2.93. The molecule has 0 atom stereocenters. The number of anilines is 1. The van der Waals surface area contributed by atoms with Gasteiger partial charge >= 0.3 is 0 Å². The van der Waals surface area contributed by atoms with Crippen LogP contribution in [0.1, 0.15) is 12.5 Å². The second kappa shape index (κ2) is 6.21. The smallest absolute Gasteiger partial charge is 0.255 e. The van der Waals surface area contributed by atoms with Crippen LogP contribution in [0.5, 0.6) is 5.75 Å². The van der Waals surface area contributed by atoms with Gasteiger partial charge in [0.15, 0.2) is 6.67 Å². The summed E-state index contributed by atoms with van der Waals surface area (Å²) < 4.78 is 12.2. The van der Waals surface area contributed by atoms with E-state index in [0.717, 1.165) is 16.3 Å². The van der Waals surface area contributed by atoms with Gasteiger partial charge in [-0.3, -0.25) is 9.79 Å². The predicted octanol–water partition coefficient (Wildman–Crippen LogP) is 2.33. The van der Waals surface area contributed by atoms with Crippen molar-refractivity contribution in [3.8, 4) is 5.75 Å². The van der Waals surface area contributed by atoms with E-state index in [9.17, 15) is 14.3 Å². The highest BCUT2D eigenvalue weighted by atomic mass is 19.1. The lowest BCUT2D eigenvalue weighted by Gasteiger charge is -2.08. The number of hydrogen-bond acceptors (Lipinski definition) is 3. The maximum absolute atomic E-state index is 12.2. The Hall–Kier alpha value is -2.63. The fraction of sp³-hybridized carbons (Fsp3) is 0.200. The minimum Gasteiger partial charge on any atom is -0.506 e. The third kappa shape index (κ3) is 3.68. The second-order valence-corrected chi connectivity index (χ2v) is 4.69. The van der Waals surface area contributed by atoms with Crippen molar-refractivity contribution in [2.75, 3.05) is 12.0 Å². The number of nitrogens with one attached hydrogen (secondary N) is 1. The lowest BCUT2D eigenvalue weighted by Crippen LogP contribution is -2.13. The quantitative estimate of drug-likeness (QED) is 0.458. The molecule has 0 aromatic heterocycles. The minimum absolute atomic E-state index is 0.111. The van der Waals surface area contributed by atoms with E-state index in [1.54, 1.807) is 13.0 Å². The first-order valence-electron chi connectivity index (χ1n) is 6.37. The van der Waals surface area contributed by atoms with Gasteiger partial charge in [-0.1, -0.05) is 12.1 Å². The van der Waals surface area contributed by atoms with Crippen LogP contribution in [0.2, 0.25) is 0 Å². The Morgan fingerprint density at radius 3 is 2.76 bits per heavy atom. The number of amides is 1. The van der Waals surface area contributed by atoms with Crippen LogP contribution in [-0.2, 0) is 11.3 Å². The summed E-state index contributed by atoms with van der Waals surface area (Å²) in [6, 6.07) is 8.72. The molecule has 2 rings (SSSR count). The monoisotopic (exact) mass is 289 g/mol. The molecule has 1 amide bonds. The second-order valence-electron chi connectivity index (χ2n) is 4.69. The molecule has 0 bridgehead atoms. The highest BCUT2D eigenvalue weighted by molar-refractivity contribution is 5.97. The molecule has 6 heteroatoms. The Bertz CT molecular complexity index is 709. The highest BCUT2D eigenvalue weighted by Gasteiger charge is 2.08. The summed E-state index contributed by atoms with van der Waals surface area (Å²) in [4.78, 5) is 15.2. The highest BCUT2D eigenvalue weighted by Crippen LogP contribution is 2.30. The molecule has 0 saturated heterocycles. The van der Waals surface area contributed by atoms with E-state index in [1.165, 1.54) is 6.07 Å². The molecular weight excluding hydrogens is 273 g/mol. The molecule has 0 aliphatic carbocycles. The predicted molar refractivity (Wildman–Crippen MR) is 81.2 cm³/mol. The maximum atomic E-state index is 12.2. The molecule has 0 aliphatic heterocycles. The van der Waals surface area contributed by atoms with Gasteiger partial charge in [-0.2, -0.15) is 0 Å². The number of nitrogens with zero attached hydrogens (tertiary/aromatic N) is 1. The Balaban J connectivity index is 2.35. The molecule has 0 aliphatic rings. The molecule has 110 valence electrons. The van der Waals surface area contributed by atoms with E-state index in [-0.39, 0.29) is 11.4 Å². The average molecular weight is 289 g/mol. The van der Waals surface area contributed by atoms with Gasteiger partial charge in [-0.05, 0) is 41.5 Å². The van der Waals surface area contributed by atoms with Crippen molar-refractivity contribution in [2.24, 2.45) is 10.7 Å². The summed E-state index contributed by atoms with van der Waals surface area (Å²) >= 11 is 0. The maximum Gasteiger partial charge on any atom is 0.255 e. The zero-order chi connectivity index (χ0) is 15.4. The van der Waals surface area contributed by atoms with Crippen LogP contribution < -0.4 is 11.1 Å². The molecule has 0 heterocycles. The molecular formula is C15H16FN3O2. The molecule has 0 spiro atoms. The summed E-state index contributed by atoms with van der Waals surface area (Å²) in [7, 11) is 0. The number of aliphatic imine (C=N–C) groups is 1. The average Bonchev–Trinajstić information content (AvgIpc) is 2.45. The number of rotatable bonds is 4. The zero-order valence-electron chi connectivity index (χ0n) is 11.6. The van der Waals surface area contributed by atoms with Gasteiger partial charge in [0.1, 0.15) is 5.75 Å². The number of amidine groups is 1. The first-order chi connectivity index (χ1) is 9.99. The van der Waals surface area contributed by atoms with Crippen molar-refractivity contribution in [1.82, 2.24) is 0 Å². The summed E-state index contributed by atoms with van der Waals surface area (Å²) in [5, 5.41) is 13.8. The van der Waals surface area contributed by atoms with Gasteiger partial charge in [0.25, 0.3) is 5.91 Å². The largest absolute Gasteiger partial charge is 0.506 e.